The predicted molar refractivity (Wildman–Crippen MR) is 47.3 cm³/mol. The SMILES string of the molecule is CC(C)(C)C1C=CC(O)CC1. The van der Waals surface area contributed by atoms with Crippen molar-refractivity contribution in [2.24, 2.45) is 11.3 Å². The molecule has 64 valence electrons. The first-order valence-electron chi connectivity index (χ1n) is 4.36. The highest BCUT2D eigenvalue weighted by Crippen LogP contribution is 2.33. The summed E-state index contributed by atoms with van der Waals surface area (Å²) in [7, 11) is 0. The molecule has 0 saturated carbocycles. The minimum Gasteiger partial charge on any atom is -0.389 e. The van der Waals surface area contributed by atoms with Crippen LogP contribution in [0.1, 0.15) is 33.6 Å². The van der Waals surface area contributed by atoms with Crippen LogP contribution >= 0.6 is 0 Å². The molecule has 1 aliphatic rings. The van der Waals surface area contributed by atoms with Gasteiger partial charge in [-0.1, -0.05) is 32.9 Å². The van der Waals surface area contributed by atoms with Gasteiger partial charge in [-0.05, 0) is 24.2 Å². The largest absolute Gasteiger partial charge is 0.389 e. The van der Waals surface area contributed by atoms with Gasteiger partial charge in [0.05, 0.1) is 6.10 Å². The van der Waals surface area contributed by atoms with Gasteiger partial charge in [0.1, 0.15) is 0 Å². The molecule has 0 aromatic heterocycles. The van der Waals surface area contributed by atoms with E-state index in [0.717, 1.165) is 12.8 Å². The summed E-state index contributed by atoms with van der Waals surface area (Å²) in [5, 5.41) is 9.21. The van der Waals surface area contributed by atoms with Gasteiger partial charge in [0, 0.05) is 0 Å². The number of allylic oxidation sites excluding steroid dienone is 1. The standard InChI is InChI=1S/C10H18O/c1-10(2,3)8-4-6-9(11)7-5-8/h4,6,8-9,11H,5,7H2,1-3H3. The number of hydrogen-bond acceptors (Lipinski definition) is 1. The van der Waals surface area contributed by atoms with E-state index in [0.29, 0.717) is 11.3 Å². The summed E-state index contributed by atoms with van der Waals surface area (Å²) >= 11 is 0. The summed E-state index contributed by atoms with van der Waals surface area (Å²) < 4.78 is 0. The molecule has 1 heteroatoms. The Labute approximate surface area is 69.1 Å². The van der Waals surface area contributed by atoms with Crippen LogP contribution < -0.4 is 0 Å². The molecule has 0 spiro atoms. The fraction of sp³-hybridized carbons (Fsp3) is 0.800. The van der Waals surface area contributed by atoms with Crippen LogP contribution in [0.3, 0.4) is 0 Å². The summed E-state index contributed by atoms with van der Waals surface area (Å²) in [6.07, 6.45) is 5.96. The molecular weight excluding hydrogens is 136 g/mol. The minimum absolute atomic E-state index is 0.186. The molecule has 0 aliphatic heterocycles. The van der Waals surface area contributed by atoms with Crippen molar-refractivity contribution in [2.45, 2.75) is 39.7 Å². The molecule has 2 unspecified atom stereocenters. The molecule has 0 aromatic rings. The van der Waals surface area contributed by atoms with E-state index in [-0.39, 0.29) is 6.10 Å². The lowest BCUT2D eigenvalue weighted by Crippen LogP contribution is -2.23. The number of aliphatic hydroxyl groups is 1. The van der Waals surface area contributed by atoms with E-state index in [9.17, 15) is 5.11 Å². The molecule has 11 heavy (non-hydrogen) atoms. The molecule has 0 radical (unpaired) electrons. The molecule has 1 aliphatic carbocycles. The maximum atomic E-state index is 9.21. The van der Waals surface area contributed by atoms with E-state index < -0.39 is 0 Å². The lowest BCUT2D eigenvalue weighted by atomic mass is 9.75. The topological polar surface area (TPSA) is 20.2 Å². The van der Waals surface area contributed by atoms with E-state index in [1.165, 1.54) is 0 Å². The zero-order valence-corrected chi connectivity index (χ0v) is 7.67. The van der Waals surface area contributed by atoms with Gasteiger partial charge in [-0.3, -0.25) is 0 Å². The maximum Gasteiger partial charge on any atom is 0.0721 e. The Morgan fingerprint density at radius 2 is 1.82 bits per heavy atom. The van der Waals surface area contributed by atoms with Crippen LogP contribution in [0.4, 0.5) is 0 Å². The quantitative estimate of drug-likeness (QED) is 0.531. The Balaban J connectivity index is 2.57. The van der Waals surface area contributed by atoms with Gasteiger partial charge < -0.3 is 5.11 Å². The third kappa shape index (κ3) is 2.33. The second-order valence-electron chi connectivity index (χ2n) is 4.50. The van der Waals surface area contributed by atoms with Crippen LogP contribution in [0, 0.1) is 11.3 Å². The number of hydrogen-bond donors (Lipinski definition) is 1. The second-order valence-corrected chi connectivity index (χ2v) is 4.50. The van der Waals surface area contributed by atoms with Crippen molar-refractivity contribution in [3.8, 4) is 0 Å². The molecule has 2 atom stereocenters. The Morgan fingerprint density at radius 3 is 2.18 bits per heavy atom. The van der Waals surface area contributed by atoms with Crippen LogP contribution in [-0.4, -0.2) is 11.2 Å². The maximum absolute atomic E-state index is 9.21. The van der Waals surface area contributed by atoms with E-state index in [1.807, 2.05) is 6.08 Å². The Bertz CT molecular complexity index is 153. The first-order valence-corrected chi connectivity index (χ1v) is 4.36. The lowest BCUT2D eigenvalue weighted by Gasteiger charge is -2.31. The van der Waals surface area contributed by atoms with Crippen LogP contribution in [0.25, 0.3) is 0 Å². The van der Waals surface area contributed by atoms with Crippen LogP contribution in [0.5, 0.6) is 0 Å². The molecule has 0 amide bonds. The van der Waals surface area contributed by atoms with E-state index in [1.54, 1.807) is 0 Å². The Morgan fingerprint density at radius 1 is 1.18 bits per heavy atom. The van der Waals surface area contributed by atoms with Crippen molar-refractivity contribution >= 4 is 0 Å². The van der Waals surface area contributed by atoms with E-state index in [2.05, 4.69) is 26.8 Å². The average Bonchev–Trinajstić information content (AvgIpc) is 1.86. The lowest BCUT2D eigenvalue weighted by molar-refractivity contribution is 0.168. The van der Waals surface area contributed by atoms with Gasteiger partial charge in [0.2, 0.25) is 0 Å². The highest BCUT2D eigenvalue weighted by Gasteiger charge is 2.24. The molecule has 0 saturated heterocycles. The first-order chi connectivity index (χ1) is 5.00. The van der Waals surface area contributed by atoms with Gasteiger partial charge in [0.25, 0.3) is 0 Å². The summed E-state index contributed by atoms with van der Waals surface area (Å²) in [5.74, 6) is 0.644. The Kier molecular flexibility index (Phi) is 2.38. The van der Waals surface area contributed by atoms with Crippen molar-refractivity contribution in [1.82, 2.24) is 0 Å². The minimum atomic E-state index is -0.186. The number of rotatable bonds is 0. The monoisotopic (exact) mass is 154 g/mol. The molecule has 0 heterocycles. The van der Waals surface area contributed by atoms with Crippen molar-refractivity contribution < 1.29 is 5.11 Å². The molecule has 1 rings (SSSR count). The molecule has 0 bridgehead atoms. The van der Waals surface area contributed by atoms with Crippen LogP contribution in [0.2, 0.25) is 0 Å². The van der Waals surface area contributed by atoms with Gasteiger partial charge in [-0.25, -0.2) is 0 Å². The zero-order chi connectivity index (χ0) is 8.48. The summed E-state index contributed by atoms with van der Waals surface area (Å²) in [5.41, 5.74) is 0.358. The van der Waals surface area contributed by atoms with Gasteiger partial charge in [-0.15, -0.1) is 0 Å². The molecule has 1 nitrogen and oxygen atoms in total. The number of aliphatic hydroxyl groups excluding tert-OH is 1. The molecular formula is C10H18O. The van der Waals surface area contributed by atoms with E-state index in [4.69, 9.17) is 0 Å². The second kappa shape index (κ2) is 2.98. The van der Waals surface area contributed by atoms with Crippen LogP contribution in [-0.2, 0) is 0 Å². The fourth-order valence-electron chi connectivity index (χ4n) is 1.53. The summed E-state index contributed by atoms with van der Waals surface area (Å²) in [4.78, 5) is 0. The highest BCUT2D eigenvalue weighted by molar-refractivity contribution is 5.01. The van der Waals surface area contributed by atoms with Gasteiger partial charge in [-0.2, -0.15) is 0 Å². The van der Waals surface area contributed by atoms with Crippen molar-refractivity contribution in [3.63, 3.8) is 0 Å². The molecule has 0 fully saturated rings. The summed E-state index contributed by atoms with van der Waals surface area (Å²) in [6.45, 7) is 6.75. The van der Waals surface area contributed by atoms with E-state index >= 15 is 0 Å². The van der Waals surface area contributed by atoms with Crippen molar-refractivity contribution in [2.75, 3.05) is 0 Å². The summed E-state index contributed by atoms with van der Waals surface area (Å²) in [6, 6.07) is 0. The van der Waals surface area contributed by atoms with Crippen molar-refractivity contribution in [1.29, 1.82) is 0 Å². The van der Waals surface area contributed by atoms with Gasteiger partial charge in [0.15, 0.2) is 0 Å². The normalized spacial score (nSPS) is 32.4. The Hall–Kier alpha value is -0.300. The molecule has 0 aromatic carbocycles. The third-order valence-electron chi connectivity index (χ3n) is 2.45. The average molecular weight is 154 g/mol. The van der Waals surface area contributed by atoms with Gasteiger partial charge >= 0.3 is 0 Å². The predicted octanol–water partition coefficient (Wildman–Crippen LogP) is 2.36. The highest BCUT2D eigenvalue weighted by atomic mass is 16.3. The third-order valence-corrected chi connectivity index (χ3v) is 2.45. The smallest absolute Gasteiger partial charge is 0.0721 e. The first kappa shape index (κ1) is 8.79. The zero-order valence-electron chi connectivity index (χ0n) is 7.67. The van der Waals surface area contributed by atoms with Crippen LogP contribution in [0.15, 0.2) is 12.2 Å². The van der Waals surface area contributed by atoms with Crippen molar-refractivity contribution in [3.05, 3.63) is 12.2 Å². The molecule has 1 N–H and O–H groups in total. The fourth-order valence-corrected chi connectivity index (χ4v) is 1.53.